The minimum atomic E-state index is 0.598. The van der Waals surface area contributed by atoms with Crippen LogP contribution in [-0.4, -0.2) is 13.0 Å². The molecule has 1 rings (SSSR count). The van der Waals surface area contributed by atoms with Gasteiger partial charge in [0.2, 0.25) is 5.88 Å². The molecular formula is C8H11NO2. The summed E-state index contributed by atoms with van der Waals surface area (Å²) in [5.74, 6) is 0.598. The Morgan fingerprint density at radius 2 is 2.73 bits per heavy atom. The Kier molecular flexibility index (Phi) is 3.25. The molecule has 1 aliphatic rings. The maximum absolute atomic E-state index is 5.03. The first kappa shape index (κ1) is 7.85. The van der Waals surface area contributed by atoms with Crippen molar-refractivity contribution in [2.24, 2.45) is 4.99 Å². The van der Waals surface area contributed by atoms with E-state index < -0.39 is 0 Å². The standard InChI is InChI=1S/C8H11NO2/c1-2-10-7-9-8-5-3-4-6-11-8/h4-7H,2-3H2,1H3. The second-order valence-electron chi connectivity index (χ2n) is 1.96. The van der Waals surface area contributed by atoms with Crippen LogP contribution in [0.25, 0.3) is 0 Å². The van der Waals surface area contributed by atoms with E-state index in [0.29, 0.717) is 12.5 Å². The SMILES string of the molecule is CCOC=NC1=CCC=CO1. The molecule has 0 saturated heterocycles. The molecule has 1 aliphatic heterocycles. The highest BCUT2D eigenvalue weighted by Gasteiger charge is 1.94. The van der Waals surface area contributed by atoms with E-state index >= 15 is 0 Å². The van der Waals surface area contributed by atoms with Gasteiger partial charge in [-0.05, 0) is 25.5 Å². The zero-order chi connectivity index (χ0) is 7.94. The molecule has 3 nitrogen and oxygen atoms in total. The van der Waals surface area contributed by atoms with E-state index in [9.17, 15) is 0 Å². The molecule has 1 heterocycles. The summed E-state index contributed by atoms with van der Waals surface area (Å²) in [6, 6.07) is 0. The summed E-state index contributed by atoms with van der Waals surface area (Å²) in [7, 11) is 0. The summed E-state index contributed by atoms with van der Waals surface area (Å²) in [5.41, 5.74) is 0. The van der Waals surface area contributed by atoms with Gasteiger partial charge in [-0.15, -0.1) is 0 Å². The lowest BCUT2D eigenvalue weighted by molar-refractivity contribution is 0.319. The van der Waals surface area contributed by atoms with Crippen molar-refractivity contribution in [2.45, 2.75) is 13.3 Å². The third kappa shape index (κ3) is 2.89. The second-order valence-corrected chi connectivity index (χ2v) is 1.96. The first-order valence-corrected chi connectivity index (χ1v) is 3.59. The molecule has 0 spiro atoms. The topological polar surface area (TPSA) is 30.8 Å². The molecule has 0 aliphatic carbocycles. The van der Waals surface area contributed by atoms with Crippen LogP contribution in [0, 0.1) is 0 Å². The van der Waals surface area contributed by atoms with E-state index in [1.165, 1.54) is 6.40 Å². The molecule has 0 atom stereocenters. The average molecular weight is 153 g/mol. The number of hydrogen-bond acceptors (Lipinski definition) is 3. The highest BCUT2D eigenvalue weighted by atomic mass is 16.5. The molecule has 0 saturated carbocycles. The molecule has 0 bridgehead atoms. The number of rotatable bonds is 3. The van der Waals surface area contributed by atoms with Crippen molar-refractivity contribution in [3.63, 3.8) is 0 Å². The minimum Gasteiger partial charge on any atom is -0.483 e. The fourth-order valence-corrected chi connectivity index (χ4v) is 0.637. The Labute approximate surface area is 66.0 Å². The molecule has 0 fully saturated rings. The number of nitrogens with zero attached hydrogens (tertiary/aromatic N) is 1. The molecule has 60 valence electrons. The predicted octanol–water partition coefficient (Wildman–Crippen LogP) is 1.83. The van der Waals surface area contributed by atoms with Gasteiger partial charge in [-0.3, -0.25) is 0 Å². The average Bonchev–Trinajstić information content (AvgIpc) is 2.07. The molecule has 0 N–H and O–H groups in total. The lowest BCUT2D eigenvalue weighted by Crippen LogP contribution is -1.90. The van der Waals surface area contributed by atoms with Gasteiger partial charge in [0.15, 0.2) is 6.40 Å². The second kappa shape index (κ2) is 4.55. The van der Waals surface area contributed by atoms with Crippen molar-refractivity contribution in [1.29, 1.82) is 0 Å². The number of hydrogen-bond donors (Lipinski definition) is 0. The summed E-state index contributed by atoms with van der Waals surface area (Å²) in [5, 5.41) is 0. The van der Waals surface area contributed by atoms with Gasteiger partial charge in [0.05, 0.1) is 12.9 Å². The largest absolute Gasteiger partial charge is 0.483 e. The van der Waals surface area contributed by atoms with Gasteiger partial charge in [-0.1, -0.05) is 0 Å². The molecule has 0 aromatic rings. The summed E-state index contributed by atoms with van der Waals surface area (Å²) >= 11 is 0. The Morgan fingerprint density at radius 1 is 1.82 bits per heavy atom. The quantitative estimate of drug-likeness (QED) is 0.457. The highest BCUT2D eigenvalue weighted by Crippen LogP contribution is 2.07. The normalized spacial score (nSPS) is 16.3. The van der Waals surface area contributed by atoms with Crippen LogP contribution in [0.4, 0.5) is 0 Å². The molecule has 0 unspecified atom stereocenters. The lowest BCUT2D eigenvalue weighted by atomic mass is 10.4. The molecule has 0 aromatic heterocycles. The van der Waals surface area contributed by atoms with E-state index in [0.717, 1.165) is 6.42 Å². The van der Waals surface area contributed by atoms with E-state index in [1.807, 2.05) is 19.1 Å². The third-order valence-electron chi connectivity index (χ3n) is 1.13. The van der Waals surface area contributed by atoms with Crippen molar-refractivity contribution in [3.05, 3.63) is 24.3 Å². The molecule has 3 heteroatoms. The van der Waals surface area contributed by atoms with Gasteiger partial charge in [0.1, 0.15) is 0 Å². The fraction of sp³-hybridized carbons (Fsp3) is 0.375. The van der Waals surface area contributed by atoms with Crippen molar-refractivity contribution >= 4 is 6.40 Å². The monoisotopic (exact) mass is 153 g/mol. The zero-order valence-electron chi connectivity index (χ0n) is 6.49. The first-order chi connectivity index (χ1) is 5.43. The van der Waals surface area contributed by atoms with Gasteiger partial charge in [-0.25, -0.2) is 0 Å². The summed E-state index contributed by atoms with van der Waals surface area (Å²) in [6.45, 7) is 2.54. The van der Waals surface area contributed by atoms with Gasteiger partial charge in [0.25, 0.3) is 0 Å². The van der Waals surface area contributed by atoms with Gasteiger partial charge >= 0.3 is 0 Å². The molecule has 0 radical (unpaired) electrons. The highest BCUT2D eigenvalue weighted by molar-refractivity contribution is 5.48. The number of aliphatic imine (C=N–C) groups is 1. The molecular weight excluding hydrogens is 142 g/mol. The molecule has 11 heavy (non-hydrogen) atoms. The maximum Gasteiger partial charge on any atom is 0.217 e. The maximum atomic E-state index is 5.03. The van der Waals surface area contributed by atoms with Crippen LogP contribution < -0.4 is 0 Å². The molecule has 0 aromatic carbocycles. The van der Waals surface area contributed by atoms with Crippen LogP contribution in [0.2, 0.25) is 0 Å². The Balaban J connectivity index is 2.30. The summed E-state index contributed by atoms with van der Waals surface area (Å²) < 4.78 is 9.93. The van der Waals surface area contributed by atoms with Crippen LogP contribution in [0.5, 0.6) is 0 Å². The Morgan fingerprint density at radius 3 is 3.36 bits per heavy atom. The number of ether oxygens (including phenoxy) is 2. The minimum absolute atomic E-state index is 0.598. The predicted molar refractivity (Wildman–Crippen MR) is 43.0 cm³/mol. The Bertz CT molecular complexity index is 194. The van der Waals surface area contributed by atoms with Crippen molar-refractivity contribution < 1.29 is 9.47 Å². The van der Waals surface area contributed by atoms with Crippen LogP contribution in [0.1, 0.15) is 13.3 Å². The van der Waals surface area contributed by atoms with E-state index in [2.05, 4.69) is 4.99 Å². The van der Waals surface area contributed by atoms with E-state index in [4.69, 9.17) is 9.47 Å². The van der Waals surface area contributed by atoms with Crippen molar-refractivity contribution in [1.82, 2.24) is 0 Å². The molecule has 0 amide bonds. The summed E-state index contributed by atoms with van der Waals surface area (Å²) in [4.78, 5) is 3.91. The van der Waals surface area contributed by atoms with Gasteiger partial charge < -0.3 is 9.47 Å². The van der Waals surface area contributed by atoms with Gasteiger partial charge in [0, 0.05) is 0 Å². The van der Waals surface area contributed by atoms with Crippen LogP contribution in [0.15, 0.2) is 29.3 Å². The van der Waals surface area contributed by atoms with Crippen molar-refractivity contribution in [3.8, 4) is 0 Å². The van der Waals surface area contributed by atoms with Crippen molar-refractivity contribution in [2.75, 3.05) is 6.61 Å². The van der Waals surface area contributed by atoms with Crippen LogP contribution in [0.3, 0.4) is 0 Å². The number of allylic oxidation sites excluding steroid dienone is 2. The van der Waals surface area contributed by atoms with Crippen LogP contribution >= 0.6 is 0 Å². The zero-order valence-corrected chi connectivity index (χ0v) is 6.49. The smallest absolute Gasteiger partial charge is 0.217 e. The lowest BCUT2D eigenvalue weighted by Gasteiger charge is -2.02. The first-order valence-electron chi connectivity index (χ1n) is 3.59. The fourth-order valence-electron chi connectivity index (χ4n) is 0.637. The van der Waals surface area contributed by atoms with E-state index in [-0.39, 0.29) is 0 Å². The van der Waals surface area contributed by atoms with Gasteiger partial charge in [-0.2, -0.15) is 4.99 Å². The summed E-state index contributed by atoms with van der Waals surface area (Å²) in [6.07, 6.45) is 7.69. The Hall–Kier alpha value is -1.25. The third-order valence-corrected chi connectivity index (χ3v) is 1.13. The van der Waals surface area contributed by atoms with E-state index in [1.54, 1.807) is 6.26 Å². The van der Waals surface area contributed by atoms with Crippen LogP contribution in [-0.2, 0) is 9.47 Å².